The molecular formula is C23H17N3O3. The molecule has 4 aromatic rings. The molecule has 0 bridgehead atoms. The maximum Gasteiger partial charge on any atom is 0.373 e. The number of para-hydroxylation sites is 1. The fourth-order valence-electron chi connectivity index (χ4n) is 3.12. The van der Waals surface area contributed by atoms with Gasteiger partial charge in [-0.2, -0.15) is 5.26 Å². The van der Waals surface area contributed by atoms with Gasteiger partial charge in [0.15, 0.2) is 0 Å². The summed E-state index contributed by atoms with van der Waals surface area (Å²) in [5.41, 5.74) is 3.37. The summed E-state index contributed by atoms with van der Waals surface area (Å²) in [4.78, 5) is 16.1. The lowest BCUT2D eigenvalue weighted by Gasteiger charge is -2.02. The van der Waals surface area contributed by atoms with Gasteiger partial charge in [-0.3, -0.25) is 4.99 Å². The monoisotopic (exact) mass is 383 g/mol. The van der Waals surface area contributed by atoms with Crippen molar-refractivity contribution in [3.8, 4) is 6.07 Å². The molecule has 2 aromatic carbocycles. The second kappa shape index (κ2) is 7.87. The number of nitriles is 1. The number of rotatable bonds is 5. The summed E-state index contributed by atoms with van der Waals surface area (Å²) in [6, 6.07) is 20.6. The van der Waals surface area contributed by atoms with Gasteiger partial charge in [0.1, 0.15) is 5.76 Å². The molecule has 2 aromatic heterocycles. The molecule has 0 unspecified atom stereocenters. The Morgan fingerprint density at radius 2 is 1.97 bits per heavy atom. The molecule has 0 spiro atoms. The summed E-state index contributed by atoms with van der Waals surface area (Å²) in [5.74, 6) is 0.340. The van der Waals surface area contributed by atoms with E-state index >= 15 is 0 Å². The van der Waals surface area contributed by atoms with Crippen molar-refractivity contribution in [1.82, 2.24) is 4.57 Å². The molecule has 2 heterocycles. The number of furan rings is 1. The van der Waals surface area contributed by atoms with Crippen LogP contribution in [-0.2, 0) is 11.3 Å². The SMILES string of the molecule is COC(=O)c1ccc(Cn2cc(C=Nc3ccc(C#N)cc3)c3ccccc32)o1. The number of hydrogen-bond acceptors (Lipinski definition) is 5. The van der Waals surface area contributed by atoms with Gasteiger partial charge in [-0.15, -0.1) is 0 Å². The Labute approximate surface area is 167 Å². The first kappa shape index (κ1) is 18.3. The van der Waals surface area contributed by atoms with E-state index in [0.29, 0.717) is 17.9 Å². The molecule has 0 atom stereocenters. The number of carbonyl (C=O) groups excluding carboxylic acids is 1. The lowest BCUT2D eigenvalue weighted by Crippen LogP contribution is -1.99. The highest BCUT2D eigenvalue weighted by molar-refractivity contribution is 6.00. The smallest absolute Gasteiger partial charge is 0.373 e. The van der Waals surface area contributed by atoms with Crippen molar-refractivity contribution >= 4 is 28.8 Å². The molecule has 0 radical (unpaired) electrons. The first-order valence-electron chi connectivity index (χ1n) is 8.97. The molecule has 29 heavy (non-hydrogen) atoms. The number of nitrogens with zero attached hydrogens (tertiary/aromatic N) is 3. The zero-order valence-corrected chi connectivity index (χ0v) is 15.7. The fourth-order valence-corrected chi connectivity index (χ4v) is 3.12. The first-order chi connectivity index (χ1) is 14.2. The van der Waals surface area contributed by atoms with Crippen molar-refractivity contribution in [3.05, 3.63) is 89.5 Å². The molecule has 0 amide bonds. The third-order valence-electron chi connectivity index (χ3n) is 4.54. The zero-order chi connectivity index (χ0) is 20.2. The Hall–Kier alpha value is -4.11. The van der Waals surface area contributed by atoms with Crippen LogP contribution in [0.4, 0.5) is 5.69 Å². The summed E-state index contributed by atoms with van der Waals surface area (Å²) < 4.78 is 12.3. The van der Waals surface area contributed by atoms with Crippen molar-refractivity contribution < 1.29 is 13.9 Å². The number of esters is 1. The van der Waals surface area contributed by atoms with Crippen molar-refractivity contribution in [2.24, 2.45) is 4.99 Å². The molecule has 0 aliphatic heterocycles. The first-order valence-corrected chi connectivity index (χ1v) is 8.97. The normalized spacial score (nSPS) is 11.0. The van der Waals surface area contributed by atoms with Crippen LogP contribution in [0.15, 0.2) is 76.3 Å². The molecule has 0 saturated carbocycles. The molecule has 142 valence electrons. The highest BCUT2D eigenvalue weighted by atomic mass is 16.5. The molecule has 0 saturated heterocycles. The van der Waals surface area contributed by atoms with Crippen molar-refractivity contribution in [1.29, 1.82) is 5.26 Å². The fraction of sp³-hybridized carbons (Fsp3) is 0.0870. The van der Waals surface area contributed by atoms with E-state index in [-0.39, 0.29) is 5.76 Å². The number of ether oxygens (including phenoxy) is 1. The van der Waals surface area contributed by atoms with Gasteiger partial charge in [0.2, 0.25) is 5.76 Å². The maximum absolute atomic E-state index is 11.6. The van der Waals surface area contributed by atoms with Crippen LogP contribution in [0.5, 0.6) is 0 Å². The Morgan fingerprint density at radius 1 is 1.17 bits per heavy atom. The van der Waals surface area contributed by atoms with E-state index in [1.165, 1.54) is 7.11 Å². The maximum atomic E-state index is 11.6. The van der Waals surface area contributed by atoms with Crippen LogP contribution in [0.2, 0.25) is 0 Å². The van der Waals surface area contributed by atoms with Gasteiger partial charge in [0, 0.05) is 28.9 Å². The van der Waals surface area contributed by atoms with Gasteiger partial charge in [0.25, 0.3) is 0 Å². The summed E-state index contributed by atoms with van der Waals surface area (Å²) in [6.45, 7) is 0.474. The summed E-state index contributed by atoms with van der Waals surface area (Å²) in [6.07, 6.45) is 3.81. The average molecular weight is 383 g/mol. The van der Waals surface area contributed by atoms with Gasteiger partial charge < -0.3 is 13.7 Å². The average Bonchev–Trinajstić information content (AvgIpc) is 3.37. The highest BCUT2D eigenvalue weighted by Crippen LogP contribution is 2.23. The number of hydrogen-bond donors (Lipinski definition) is 0. The number of aliphatic imine (C=N–C) groups is 1. The van der Waals surface area contributed by atoms with E-state index in [9.17, 15) is 4.79 Å². The van der Waals surface area contributed by atoms with Gasteiger partial charge in [-0.25, -0.2) is 4.79 Å². The van der Waals surface area contributed by atoms with Crippen LogP contribution in [-0.4, -0.2) is 23.9 Å². The third kappa shape index (κ3) is 3.80. The molecule has 0 N–H and O–H groups in total. The summed E-state index contributed by atoms with van der Waals surface area (Å²) in [7, 11) is 1.32. The molecule has 6 heteroatoms. The molecule has 0 fully saturated rings. The molecule has 6 nitrogen and oxygen atoms in total. The van der Waals surface area contributed by atoms with E-state index in [1.807, 2.05) is 48.8 Å². The van der Waals surface area contributed by atoms with E-state index in [2.05, 4.69) is 20.4 Å². The number of fused-ring (bicyclic) bond motifs is 1. The number of methoxy groups -OCH3 is 1. The largest absolute Gasteiger partial charge is 0.463 e. The van der Waals surface area contributed by atoms with E-state index in [0.717, 1.165) is 22.2 Å². The van der Waals surface area contributed by atoms with Crippen LogP contribution < -0.4 is 0 Å². The minimum Gasteiger partial charge on any atom is -0.463 e. The van der Waals surface area contributed by atoms with Crippen molar-refractivity contribution in [2.45, 2.75) is 6.54 Å². The molecule has 4 rings (SSSR count). The number of aromatic nitrogens is 1. The second-order valence-electron chi connectivity index (χ2n) is 6.40. The zero-order valence-electron chi connectivity index (χ0n) is 15.7. The van der Waals surface area contributed by atoms with E-state index in [1.54, 1.807) is 24.3 Å². The van der Waals surface area contributed by atoms with Gasteiger partial charge in [-0.05, 0) is 42.5 Å². The molecule has 0 aliphatic carbocycles. The number of carbonyl (C=O) groups is 1. The Kier molecular flexibility index (Phi) is 4.95. The van der Waals surface area contributed by atoms with Crippen LogP contribution in [0.1, 0.15) is 27.4 Å². The quantitative estimate of drug-likeness (QED) is 0.370. The van der Waals surface area contributed by atoms with E-state index in [4.69, 9.17) is 9.68 Å². The topological polar surface area (TPSA) is 80.5 Å². The van der Waals surface area contributed by atoms with Crippen molar-refractivity contribution in [2.75, 3.05) is 7.11 Å². The standard InChI is InChI=1S/C23H17N3O3/c1-28-23(27)22-11-10-19(29-22)15-26-14-17(20-4-2-3-5-21(20)26)13-25-18-8-6-16(12-24)7-9-18/h2-11,13-14H,15H2,1H3. The molecule has 0 aliphatic rings. The predicted octanol–water partition coefficient (Wildman–Crippen LogP) is 4.69. The highest BCUT2D eigenvalue weighted by Gasteiger charge is 2.13. The van der Waals surface area contributed by atoms with Gasteiger partial charge in [0.05, 0.1) is 31.0 Å². The summed E-state index contributed by atoms with van der Waals surface area (Å²) in [5, 5.41) is 9.96. The van der Waals surface area contributed by atoms with Gasteiger partial charge >= 0.3 is 5.97 Å². The van der Waals surface area contributed by atoms with Crippen molar-refractivity contribution in [3.63, 3.8) is 0 Å². The molecular weight excluding hydrogens is 366 g/mol. The Morgan fingerprint density at radius 3 is 2.72 bits per heavy atom. The minimum absolute atomic E-state index is 0.182. The Bertz CT molecular complexity index is 1240. The lowest BCUT2D eigenvalue weighted by atomic mass is 10.2. The summed E-state index contributed by atoms with van der Waals surface area (Å²) >= 11 is 0. The predicted molar refractivity (Wildman–Crippen MR) is 109 cm³/mol. The van der Waals surface area contributed by atoms with Gasteiger partial charge in [-0.1, -0.05) is 18.2 Å². The van der Waals surface area contributed by atoms with Crippen LogP contribution >= 0.6 is 0 Å². The Balaban J connectivity index is 1.64. The van der Waals surface area contributed by atoms with E-state index < -0.39 is 5.97 Å². The minimum atomic E-state index is -0.496. The third-order valence-corrected chi connectivity index (χ3v) is 4.54. The second-order valence-corrected chi connectivity index (χ2v) is 6.40. The lowest BCUT2D eigenvalue weighted by molar-refractivity contribution is 0.0563. The van der Waals surface area contributed by atoms with Crippen LogP contribution in [0.25, 0.3) is 10.9 Å². The van der Waals surface area contributed by atoms with Crippen LogP contribution in [0, 0.1) is 11.3 Å². The van der Waals surface area contributed by atoms with Crippen LogP contribution in [0.3, 0.4) is 0 Å². The number of benzene rings is 2.